The van der Waals surface area contributed by atoms with E-state index in [-0.39, 0.29) is 0 Å². The number of nitrogens with one attached hydrogen (secondary N) is 1. The van der Waals surface area contributed by atoms with Crippen LogP contribution in [0.1, 0.15) is 33.1 Å². The fourth-order valence-electron chi connectivity index (χ4n) is 1.66. The topological polar surface area (TPSA) is 29.1 Å². The molecule has 1 heterocycles. The Morgan fingerprint density at radius 1 is 1.64 bits per heavy atom. The molecule has 0 amide bonds. The summed E-state index contributed by atoms with van der Waals surface area (Å²) in [6, 6.07) is 0.615. The predicted octanol–water partition coefficient (Wildman–Crippen LogP) is 1.35. The van der Waals surface area contributed by atoms with E-state index in [9.17, 15) is 4.79 Å². The van der Waals surface area contributed by atoms with Gasteiger partial charge < -0.3 is 5.32 Å². The first kappa shape index (κ1) is 8.72. The van der Waals surface area contributed by atoms with E-state index < -0.39 is 0 Å². The molecule has 2 heteroatoms. The fourth-order valence-corrected chi connectivity index (χ4v) is 1.66. The van der Waals surface area contributed by atoms with Crippen molar-refractivity contribution in [2.75, 3.05) is 6.54 Å². The van der Waals surface area contributed by atoms with Crippen LogP contribution in [0.2, 0.25) is 0 Å². The zero-order chi connectivity index (χ0) is 8.27. The van der Waals surface area contributed by atoms with Crippen LogP contribution in [0.25, 0.3) is 0 Å². The molecule has 0 aromatic rings. The molecule has 0 aromatic carbocycles. The molecule has 11 heavy (non-hydrogen) atoms. The number of Topliss-reactive ketones (excluding diaryl/α,β-unsaturated/α-hetero) is 1. The van der Waals surface area contributed by atoms with Crippen LogP contribution in [0.3, 0.4) is 0 Å². The summed E-state index contributed by atoms with van der Waals surface area (Å²) in [5.41, 5.74) is 0. The second-order valence-corrected chi connectivity index (χ2v) is 3.51. The van der Waals surface area contributed by atoms with Crippen molar-refractivity contribution in [2.24, 2.45) is 5.92 Å². The SMILES string of the molecule is CCC(=O)C[C@@H]1CNC(C)C1. The highest BCUT2D eigenvalue weighted by Crippen LogP contribution is 2.17. The van der Waals surface area contributed by atoms with Crippen molar-refractivity contribution in [3.63, 3.8) is 0 Å². The molecule has 1 aliphatic rings. The smallest absolute Gasteiger partial charge is 0.132 e. The zero-order valence-corrected chi connectivity index (χ0v) is 7.39. The maximum Gasteiger partial charge on any atom is 0.132 e. The molecule has 2 atom stereocenters. The van der Waals surface area contributed by atoms with Crippen LogP contribution in [0.4, 0.5) is 0 Å². The minimum atomic E-state index is 0.408. The number of rotatable bonds is 3. The second-order valence-electron chi connectivity index (χ2n) is 3.51. The monoisotopic (exact) mass is 155 g/mol. The van der Waals surface area contributed by atoms with Crippen LogP contribution >= 0.6 is 0 Å². The van der Waals surface area contributed by atoms with Gasteiger partial charge in [-0.15, -0.1) is 0 Å². The molecule has 2 nitrogen and oxygen atoms in total. The molecular formula is C9H17NO. The Kier molecular flexibility index (Phi) is 3.06. The van der Waals surface area contributed by atoms with Gasteiger partial charge >= 0.3 is 0 Å². The van der Waals surface area contributed by atoms with Gasteiger partial charge in [-0.25, -0.2) is 0 Å². The fraction of sp³-hybridized carbons (Fsp3) is 0.889. The zero-order valence-electron chi connectivity index (χ0n) is 7.39. The summed E-state index contributed by atoms with van der Waals surface area (Å²) in [5.74, 6) is 1.02. The Bertz CT molecular complexity index is 144. The van der Waals surface area contributed by atoms with Crippen LogP contribution in [-0.2, 0) is 4.79 Å². The summed E-state index contributed by atoms with van der Waals surface area (Å²) in [5, 5.41) is 3.35. The van der Waals surface area contributed by atoms with Crippen LogP contribution < -0.4 is 5.32 Å². The van der Waals surface area contributed by atoms with Gasteiger partial charge in [0.05, 0.1) is 0 Å². The van der Waals surface area contributed by atoms with E-state index in [1.807, 2.05) is 6.92 Å². The van der Waals surface area contributed by atoms with Crippen molar-refractivity contribution < 1.29 is 4.79 Å². The lowest BCUT2D eigenvalue weighted by molar-refractivity contribution is -0.119. The van der Waals surface area contributed by atoms with E-state index in [1.54, 1.807) is 0 Å². The number of carbonyl (C=O) groups excluding carboxylic acids is 1. The summed E-state index contributed by atoms with van der Waals surface area (Å²) in [6.07, 6.45) is 2.66. The standard InChI is InChI=1S/C9H17NO/c1-3-9(11)5-8-4-7(2)10-6-8/h7-8,10H,3-6H2,1-2H3/t7?,8-/m1/s1. The molecule has 0 spiro atoms. The van der Waals surface area contributed by atoms with Crippen molar-refractivity contribution in [3.8, 4) is 0 Å². The third kappa shape index (κ3) is 2.62. The summed E-state index contributed by atoms with van der Waals surface area (Å²) in [4.78, 5) is 11.0. The van der Waals surface area contributed by atoms with Gasteiger partial charge in [-0.2, -0.15) is 0 Å². The van der Waals surface area contributed by atoms with Crippen LogP contribution in [0, 0.1) is 5.92 Å². The van der Waals surface area contributed by atoms with Gasteiger partial charge in [-0.05, 0) is 25.8 Å². The van der Waals surface area contributed by atoms with E-state index in [0.29, 0.717) is 24.2 Å². The minimum Gasteiger partial charge on any atom is -0.314 e. The van der Waals surface area contributed by atoms with E-state index in [0.717, 1.165) is 13.0 Å². The van der Waals surface area contributed by atoms with Crippen molar-refractivity contribution in [1.82, 2.24) is 5.32 Å². The summed E-state index contributed by atoms with van der Waals surface area (Å²) < 4.78 is 0. The van der Waals surface area contributed by atoms with E-state index in [4.69, 9.17) is 0 Å². The number of carbonyl (C=O) groups is 1. The Hall–Kier alpha value is -0.370. The average molecular weight is 155 g/mol. The van der Waals surface area contributed by atoms with Gasteiger partial charge in [0.15, 0.2) is 0 Å². The van der Waals surface area contributed by atoms with Crippen LogP contribution in [-0.4, -0.2) is 18.4 Å². The molecule has 0 aliphatic carbocycles. The third-order valence-corrected chi connectivity index (χ3v) is 2.35. The molecule has 0 saturated carbocycles. The molecule has 64 valence electrons. The summed E-state index contributed by atoms with van der Waals surface area (Å²) in [6.45, 7) is 5.15. The quantitative estimate of drug-likeness (QED) is 0.666. The van der Waals surface area contributed by atoms with Gasteiger partial charge in [-0.3, -0.25) is 4.79 Å². The summed E-state index contributed by atoms with van der Waals surface area (Å²) >= 11 is 0. The lowest BCUT2D eigenvalue weighted by atomic mass is 9.99. The molecule has 1 N–H and O–H groups in total. The average Bonchev–Trinajstić information content (AvgIpc) is 2.35. The first-order valence-electron chi connectivity index (χ1n) is 4.47. The van der Waals surface area contributed by atoms with Crippen LogP contribution in [0.5, 0.6) is 0 Å². The van der Waals surface area contributed by atoms with Crippen molar-refractivity contribution in [1.29, 1.82) is 0 Å². The van der Waals surface area contributed by atoms with Gasteiger partial charge in [0, 0.05) is 18.9 Å². The lowest BCUT2D eigenvalue weighted by Crippen LogP contribution is -2.17. The van der Waals surface area contributed by atoms with Gasteiger partial charge in [0.25, 0.3) is 0 Å². The third-order valence-electron chi connectivity index (χ3n) is 2.35. The highest BCUT2D eigenvalue weighted by molar-refractivity contribution is 5.78. The van der Waals surface area contributed by atoms with Crippen molar-refractivity contribution in [3.05, 3.63) is 0 Å². The molecule has 0 radical (unpaired) electrons. The normalized spacial score (nSPS) is 30.7. The number of ketones is 1. The van der Waals surface area contributed by atoms with E-state index in [2.05, 4.69) is 12.2 Å². The largest absolute Gasteiger partial charge is 0.314 e. The first-order chi connectivity index (χ1) is 5.22. The summed E-state index contributed by atoms with van der Waals surface area (Å²) in [7, 11) is 0. The van der Waals surface area contributed by atoms with E-state index in [1.165, 1.54) is 6.42 Å². The van der Waals surface area contributed by atoms with Crippen molar-refractivity contribution >= 4 is 5.78 Å². The Labute approximate surface area is 68.4 Å². The maximum atomic E-state index is 11.0. The van der Waals surface area contributed by atoms with Crippen molar-refractivity contribution in [2.45, 2.75) is 39.2 Å². The molecule has 0 bridgehead atoms. The van der Waals surface area contributed by atoms with Gasteiger partial charge in [0.1, 0.15) is 5.78 Å². The highest BCUT2D eigenvalue weighted by atomic mass is 16.1. The molecule has 1 aliphatic heterocycles. The van der Waals surface area contributed by atoms with Gasteiger partial charge in [0.2, 0.25) is 0 Å². The Morgan fingerprint density at radius 2 is 2.36 bits per heavy atom. The Balaban J connectivity index is 2.23. The highest BCUT2D eigenvalue weighted by Gasteiger charge is 2.21. The molecular weight excluding hydrogens is 138 g/mol. The van der Waals surface area contributed by atoms with Gasteiger partial charge in [-0.1, -0.05) is 6.92 Å². The molecule has 1 unspecified atom stereocenters. The molecule has 1 fully saturated rings. The number of hydrogen-bond donors (Lipinski definition) is 1. The molecule has 0 aromatic heterocycles. The molecule has 1 saturated heterocycles. The second kappa shape index (κ2) is 3.86. The molecule has 1 rings (SSSR count). The number of hydrogen-bond acceptors (Lipinski definition) is 2. The minimum absolute atomic E-state index is 0.408. The predicted molar refractivity (Wildman–Crippen MR) is 45.5 cm³/mol. The Morgan fingerprint density at radius 3 is 2.82 bits per heavy atom. The lowest BCUT2D eigenvalue weighted by Gasteiger charge is -2.04. The van der Waals surface area contributed by atoms with E-state index >= 15 is 0 Å². The maximum absolute atomic E-state index is 11.0. The van der Waals surface area contributed by atoms with Crippen LogP contribution in [0.15, 0.2) is 0 Å². The first-order valence-corrected chi connectivity index (χ1v) is 4.47.